The first-order valence-corrected chi connectivity index (χ1v) is 12.5. The lowest BCUT2D eigenvalue weighted by Crippen LogP contribution is -2.11. The fourth-order valence-corrected chi connectivity index (χ4v) is 4.89. The van der Waals surface area contributed by atoms with Crippen molar-refractivity contribution in [2.75, 3.05) is 6.61 Å². The molecule has 1 aliphatic rings. The summed E-state index contributed by atoms with van der Waals surface area (Å²) in [7, 11) is 0. The van der Waals surface area contributed by atoms with E-state index >= 15 is 0 Å². The van der Waals surface area contributed by atoms with Crippen molar-refractivity contribution in [3.8, 4) is 16.9 Å². The summed E-state index contributed by atoms with van der Waals surface area (Å²) in [6.07, 6.45) is 11.7. The molecule has 1 fully saturated rings. The first kappa shape index (κ1) is 24.2. The van der Waals surface area contributed by atoms with Crippen molar-refractivity contribution in [1.29, 1.82) is 0 Å². The van der Waals surface area contributed by atoms with Crippen LogP contribution < -0.4 is 4.74 Å². The highest BCUT2D eigenvalue weighted by Crippen LogP contribution is 2.36. The molecule has 0 unspecified atom stereocenters. The van der Waals surface area contributed by atoms with Crippen LogP contribution in [0.25, 0.3) is 11.1 Å². The molecular formula is C31H34F2O. The molecule has 3 heteroatoms. The van der Waals surface area contributed by atoms with E-state index < -0.39 is 11.6 Å². The fourth-order valence-electron chi connectivity index (χ4n) is 4.89. The maximum absolute atomic E-state index is 14.5. The van der Waals surface area contributed by atoms with Crippen LogP contribution in [0.2, 0.25) is 0 Å². The van der Waals surface area contributed by atoms with E-state index in [1.807, 2.05) is 24.3 Å². The van der Waals surface area contributed by atoms with E-state index in [4.69, 9.17) is 4.74 Å². The topological polar surface area (TPSA) is 9.23 Å². The number of benzene rings is 3. The zero-order chi connectivity index (χ0) is 23.9. The number of halogens is 2. The number of hydrogen-bond acceptors (Lipinski definition) is 1. The molecule has 3 aromatic rings. The van der Waals surface area contributed by atoms with Gasteiger partial charge in [-0.25, -0.2) is 4.39 Å². The molecule has 178 valence electrons. The van der Waals surface area contributed by atoms with Gasteiger partial charge in [0, 0.05) is 5.56 Å². The van der Waals surface area contributed by atoms with Crippen molar-refractivity contribution in [3.05, 3.63) is 101 Å². The lowest BCUT2D eigenvalue weighted by atomic mass is 9.78. The molecule has 34 heavy (non-hydrogen) atoms. The summed E-state index contributed by atoms with van der Waals surface area (Å²) in [5.41, 5.74) is 4.94. The van der Waals surface area contributed by atoms with E-state index in [1.165, 1.54) is 48.4 Å². The van der Waals surface area contributed by atoms with Crippen LogP contribution in [0.3, 0.4) is 0 Å². The van der Waals surface area contributed by atoms with Crippen LogP contribution in [0.1, 0.15) is 61.6 Å². The van der Waals surface area contributed by atoms with Gasteiger partial charge in [0.1, 0.15) is 0 Å². The van der Waals surface area contributed by atoms with Crippen LogP contribution in [0, 0.1) is 24.5 Å². The Bertz CT molecular complexity index is 1090. The van der Waals surface area contributed by atoms with Crippen LogP contribution in [-0.4, -0.2) is 6.61 Å². The van der Waals surface area contributed by atoms with Gasteiger partial charge in [0.2, 0.25) is 5.82 Å². The van der Waals surface area contributed by atoms with E-state index in [0.717, 1.165) is 12.8 Å². The van der Waals surface area contributed by atoms with Crippen LogP contribution in [0.4, 0.5) is 8.78 Å². The maximum atomic E-state index is 14.5. The highest BCUT2D eigenvalue weighted by molar-refractivity contribution is 5.65. The molecule has 0 atom stereocenters. The Morgan fingerprint density at radius 3 is 2.24 bits per heavy atom. The molecule has 3 aromatic carbocycles. The van der Waals surface area contributed by atoms with Crippen molar-refractivity contribution < 1.29 is 13.5 Å². The first-order chi connectivity index (χ1) is 16.5. The summed E-state index contributed by atoms with van der Waals surface area (Å²) in [6, 6.07) is 19.8. The quantitative estimate of drug-likeness (QED) is 0.305. The molecule has 0 heterocycles. The van der Waals surface area contributed by atoms with Gasteiger partial charge >= 0.3 is 0 Å². The summed E-state index contributed by atoms with van der Waals surface area (Å²) in [6.45, 7) is 4.19. The van der Waals surface area contributed by atoms with Crippen LogP contribution in [0.5, 0.6) is 5.75 Å². The fraction of sp³-hybridized carbons (Fsp3) is 0.355. The van der Waals surface area contributed by atoms with Crippen molar-refractivity contribution >= 4 is 0 Å². The molecule has 0 saturated heterocycles. The van der Waals surface area contributed by atoms with Crippen molar-refractivity contribution in [3.63, 3.8) is 0 Å². The van der Waals surface area contributed by atoms with Crippen molar-refractivity contribution in [2.45, 2.75) is 58.3 Å². The standard InChI is InChI=1S/C31H34F2O/c1-3-34-29-21-20-28(30(32)31(29)33)27-18-12-24(13-19-27)7-5-4-6-23-10-16-26(17-11-23)25-14-8-22(2)9-15-25/h4,6,8-9,12-15,18-21,23,26H,3,5,7,10-11,16-17H2,1-2H3. The normalized spacial score (nSPS) is 18.4. The Labute approximate surface area is 202 Å². The van der Waals surface area contributed by atoms with E-state index in [0.29, 0.717) is 24.0 Å². The van der Waals surface area contributed by atoms with Gasteiger partial charge in [-0.3, -0.25) is 0 Å². The third-order valence-corrected chi connectivity index (χ3v) is 6.94. The monoisotopic (exact) mass is 460 g/mol. The zero-order valence-corrected chi connectivity index (χ0v) is 20.2. The summed E-state index contributed by atoms with van der Waals surface area (Å²) >= 11 is 0. The molecule has 0 spiro atoms. The van der Waals surface area contributed by atoms with Gasteiger partial charge in [-0.2, -0.15) is 4.39 Å². The molecule has 1 aliphatic carbocycles. The van der Waals surface area contributed by atoms with Crippen LogP contribution in [0.15, 0.2) is 72.8 Å². The highest BCUT2D eigenvalue weighted by atomic mass is 19.2. The second-order valence-corrected chi connectivity index (χ2v) is 9.36. The molecule has 0 aliphatic heterocycles. The number of ether oxygens (including phenoxy) is 1. The molecule has 1 nitrogen and oxygen atoms in total. The van der Waals surface area contributed by atoms with Crippen LogP contribution >= 0.6 is 0 Å². The maximum Gasteiger partial charge on any atom is 0.201 e. The van der Waals surface area contributed by atoms with Gasteiger partial charge in [-0.1, -0.05) is 66.2 Å². The number of aryl methyl sites for hydroxylation is 2. The highest BCUT2D eigenvalue weighted by Gasteiger charge is 2.20. The minimum atomic E-state index is -0.929. The summed E-state index contributed by atoms with van der Waals surface area (Å²) in [5, 5.41) is 0. The van der Waals surface area contributed by atoms with Gasteiger partial charge in [0.25, 0.3) is 0 Å². The SMILES string of the molecule is CCOc1ccc(-c2ccc(CCC=CC3CCC(c4ccc(C)cc4)CC3)cc2)c(F)c1F. The number of rotatable bonds is 8. The predicted octanol–water partition coefficient (Wildman–Crippen LogP) is 8.80. The summed E-state index contributed by atoms with van der Waals surface area (Å²) in [5.74, 6) is -0.449. The van der Waals surface area contributed by atoms with Gasteiger partial charge in [0.15, 0.2) is 11.6 Å². The largest absolute Gasteiger partial charge is 0.491 e. The lowest BCUT2D eigenvalue weighted by Gasteiger charge is -2.27. The average molecular weight is 461 g/mol. The minimum Gasteiger partial charge on any atom is -0.491 e. The Morgan fingerprint density at radius 1 is 0.853 bits per heavy atom. The predicted molar refractivity (Wildman–Crippen MR) is 136 cm³/mol. The van der Waals surface area contributed by atoms with E-state index in [1.54, 1.807) is 13.0 Å². The van der Waals surface area contributed by atoms with E-state index in [2.05, 4.69) is 43.3 Å². The number of hydrogen-bond donors (Lipinski definition) is 0. The van der Waals surface area contributed by atoms with Gasteiger partial charge < -0.3 is 4.74 Å². The van der Waals surface area contributed by atoms with Crippen molar-refractivity contribution in [1.82, 2.24) is 0 Å². The second kappa shape index (κ2) is 11.5. The average Bonchev–Trinajstić information content (AvgIpc) is 2.86. The molecule has 0 bridgehead atoms. The van der Waals surface area contributed by atoms with Gasteiger partial charge in [0.05, 0.1) is 6.61 Å². The smallest absolute Gasteiger partial charge is 0.201 e. The zero-order valence-electron chi connectivity index (χ0n) is 20.2. The van der Waals surface area contributed by atoms with E-state index in [-0.39, 0.29) is 11.3 Å². The molecular weight excluding hydrogens is 426 g/mol. The molecule has 0 radical (unpaired) electrons. The Morgan fingerprint density at radius 2 is 1.56 bits per heavy atom. The molecule has 4 rings (SSSR count). The van der Waals surface area contributed by atoms with Gasteiger partial charge in [-0.15, -0.1) is 0 Å². The minimum absolute atomic E-state index is 0.0456. The third-order valence-electron chi connectivity index (χ3n) is 6.94. The van der Waals surface area contributed by atoms with Gasteiger partial charge in [-0.05, 0) is 93.0 Å². The summed E-state index contributed by atoms with van der Waals surface area (Å²) in [4.78, 5) is 0. The summed E-state index contributed by atoms with van der Waals surface area (Å²) < 4.78 is 33.8. The Kier molecular flexibility index (Phi) is 8.16. The Hall–Kier alpha value is -2.94. The Balaban J connectivity index is 1.26. The van der Waals surface area contributed by atoms with Crippen LogP contribution in [-0.2, 0) is 6.42 Å². The first-order valence-electron chi connectivity index (χ1n) is 12.5. The van der Waals surface area contributed by atoms with Crippen molar-refractivity contribution in [2.24, 2.45) is 5.92 Å². The molecule has 1 saturated carbocycles. The second-order valence-electron chi connectivity index (χ2n) is 9.36. The van der Waals surface area contributed by atoms with E-state index in [9.17, 15) is 8.78 Å². The number of allylic oxidation sites excluding steroid dienone is 2. The molecule has 0 amide bonds. The third kappa shape index (κ3) is 5.94. The molecule has 0 aromatic heterocycles. The lowest BCUT2D eigenvalue weighted by molar-refractivity contribution is 0.314. The molecule has 0 N–H and O–H groups in total.